The van der Waals surface area contributed by atoms with Crippen LogP contribution in [0.1, 0.15) is 48.0 Å². The number of amides is 1. The van der Waals surface area contributed by atoms with Crippen molar-refractivity contribution in [3.05, 3.63) is 29.3 Å². The summed E-state index contributed by atoms with van der Waals surface area (Å²) in [6.45, 7) is 0.563. The van der Waals surface area contributed by atoms with E-state index in [-0.39, 0.29) is 30.3 Å². The van der Waals surface area contributed by atoms with E-state index in [1.807, 2.05) is 6.07 Å². The van der Waals surface area contributed by atoms with E-state index in [0.717, 1.165) is 5.56 Å². The fraction of sp³-hybridized carbons (Fsp3) is 0.550. The quantitative estimate of drug-likeness (QED) is 0.612. The predicted molar refractivity (Wildman–Crippen MR) is 94.7 cm³/mol. The maximum absolute atomic E-state index is 13.1. The van der Waals surface area contributed by atoms with Gasteiger partial charge in [0.15, 0.2) is 11.6 Å². The minimum atomic E-state index is -1.29. The summed E-state index contributed by atoms with van der Waals surface area (Å²) < 4.78 is 5.37. The number of piperidine rings is 1. The first-order valence-electron chi connectivity index (χ1n) is 9.38. The molecule has 3 N–H and O–H groups in total. The molecule has 1 aromatic rings. The Balaban J connectivity index is 1.74. The second-order valence-corrected chi connectivity index (χ2v) is 8.33. The molecule has 0 aromatic heterocycles. The number of Topliss-reactive ketones (excluding diaryl/α,β-unsaturated/α-hetero) is 2. The van der Waals surface area contributed by atoms with E-state index in [1.54, 1.807) is 19.2 Å². The lowest BCUT2D eigenvalue weighted by molar-refractivity contribution is -0.144. The molecule has 1 aromatic carbocycles. The molecule has 4 atom stereocenters. The van der Waals surface area contributed by atoms with Gasteiger partial charge < -0.3 is 20.5 Å². The van der Waals surface area contributed by atoms with Crippen LogP contribution in [0.4, 0.5) is 0 Å². The Labute approximate surface area is 156 Å². The van der Waals surface area contributed by atoms with Gasteiger partial charge in [0.05, 0.1) is 19.1 Å². The molecule has 1 saturated carbocycles. The number of methoxy groups -OCH3 is 1. The summed E-state index contributed by atoms with van der Waals surface area (Å²) in [6, 6.07) is 4.61. The highest BCUT2D eigenvalue weighted by atomic mass is 16.5. The van der Waals surface area contributed by atoms with Crippen LogP contribution in [0.5, 0.6) is 5.75 Å². The standard InChI is InChI=1S/C20H22N2O5/c1-27-11-2-3-12-13(8-11)18-6-7-21-17(16(12)25)20(18,26)5-4-19(10-18)14(23)9-15(24)22-19/h2-3,8,17,21,26H,4-7,9-10H2,1H3,(H,22,24)/t17-,18-,19+,20-/m1/s1. The molecule has 1 spiro atoms. The Morgan fingerprint density at radius 3 is 2.70 bits per heavy atom. The van der Waals surface area contributed by atoms with Crippen LogP contribution in [0.2, 0.25) is 0 Å². The lowest BCUT2D eigenvalue weighted by atomic mass is 9.46. The van der Waals surface area contributed by atoms with Crippen molar-refractivity contribution in [1.82, 2.24) is 10.6 Å². The third-order valence-electron chi connectivity index (χ3n) is 7.25. The molecule has 2 bridgehead atoms. The molecule has 1 amide bonds. The molecule has 5 rings (SSSR count). The number of carbonyl (C=O) groups is 3. The normalized spacial score (nSPS) is 39.8. The molecule has 3 fully saturated rings. The van der Waals surface area contributed by atoms with Crippen molar-refractivity contribution >= 4 is 17.5 Å². The maximum Gasteiger partial charge on any atom is 0.228 e. The summed E-state index contributed by atoms with van der Waals surface area (Å²) in [4.78, 5) is 37.8. The van der Waals surface area contributed by atoms with Crippen molar-refractivity contribution in [2.75, 3.05) is 13.7 Å². The SMILES string of the molecule is COc1ccc2c(c1)[C@]13CCN[C@H](C2=O)[C@]1(O)CC[C@@]1(C3)NC(=O)CC1=O. The van der Waals surface area contributed by atoms with E-state index in [1.165, 1.54) is 0 Å². The van der Waals surface area contributed by atoms with Crippen molar-refractivity contribution in [3.8, 4) is 5.75 Å². The van der Waals surface area contributed by atoms with Crippen molar-refractivity contribution in [3.63, 3.8) is 0 Å². The Kier molecular flexibility index (Phi) is 3.24. The topological polar surface area (TPSA) is 105 Å². The van der Waals surface area contributed by atoms with Crippen molar-refractivity contribution in [1.29, 1.82) is 0 Å². The van der Waals surface area contributed by atoms with Crippen LogP contribution in [0, 0.1) is 0 Å². The number of rotatable bonds is 1. The highest BCUT2D eigenvalue weighted by Crippen LogP contribution is 2.59. The number of ether oxygens (including phenoxy) is 1. The fourth-order valence-electron chi connectivity index (χ4n) is 5.95. The van der Waals surface area contributed by atoms with Crippen molar-refractivity contribution in [2.24, 2.45) is 0 Å². The number of aliphatic hydroxyl groups is 1. The highest BCUT2D eigenvalue weighted by molar-refractivity contribution is 6.11. The molecule has 7 heteroatoms. The van der Waals surface area contributed by atoms with E-state index in [9.17, 15) is 19.5 Å². The Morgan fingerprint density at radius 2 is 2.00 bits per heavy atom. The lowest BCUT2D eigenvalue weighted by Gasteiger charge is -2.62. The molecule has 2 saturated heterocycles. The molecule has 2 aliphatic carbocycles. The fourth-order valence-corrected chi connectivity index (χ4v) is 5.95. The zero-order chi connectivity index (χ0) is 19.0. The predicted octanol–water partition coefficient (Wildman–Crippen LogP) is 0.234. The van der Waals surface area contributed by atoms with Gasteiger partial charge in [0.2, 0.25) is 5.91 Å². The first-order chi connectivity index (χ1) is 12.9. The summed E-state index contributed by atoms with van der Waals surface area (Å²) >= 11 is 0. The van der Waals surface area contributed by atoms with Gasteiger partial charge >= 0.3 is 0 Å². The van der Waals surface area contributed by atoms with E-state index >= 15 is 0 Å². The summed E-state index contributed by atoms with van der Waals surface area (Å²) in [5, 5.41) is 17.9. The number of carbonyl (C=O) groups excluding carboxylic acids is 3. The van der Waals surface area contributed by atoms with Crippen LogP contribution >= 0.6 is 0 Å². The number of nitrogens with one attached hydrogen (secondary N) is 2. The maximum atomic E-state index is 13.1. The van der Waals surface area contributed by atoms with E-state index in [4.69, 9.17) is 4.74 Å². The van der Waals surface area contributed by atoms with Gasteiger partial charge in [-0.3, -0.25) is 14.4 Å². The van der Waals surface area contributed by atoms with E-state index < -0.39 is 22.6 Å². The van der Waals surface area contributed by atoms with Gasteiger partial charge in [-0.05, 0) is 56.0 Å². The summed E-state index contributed by atoms with van der Waals surface area (Å²) in [5.41, 5.74) is -1.73. The molecule has 0 unspecified atom stereocenters. The Bertz CT molecular complexity index is 898. The number of fused-ring (bicyclic) bond motifs is 1. The summed E-state index contributed by atoms with van der Waals surface area (Å²) in [6.07, 6.45) is 1.41. The minimum absolute atomic E-state index is 0.111. The molecular weight excluding hydrogens is 348 g/mol. The zero-order valence-electron chi connectivity index (χ0n) is 15.1. The van der Waals surface area contributed by atoms with E-state index in [2.05, 4.69) is 10.6 Å². The van der Waals surface area contributed by atoms with Crippen molar-refractivity contribution < 1.29 is 24.2 Å². The van der Waals surface area contributed by atoms with Gasteiger partial charge in [0.1, 0.15) is 17.3 Å². The second-order valence-electron chi connectivity index (χ2n) is 8.33. The molecule has 0 radical (unpaired) electrons. The zero-order valence-corrected chi connectivity index (χ0v) is 15.1. The first-order valence-corrected chi connectivity index (χ1v) is 9.38. The van der Waals surface area contributed by atoms with Gasteiger partial charge in [0, 0.05) is 11.0 Å². The Hall–Kier alpha value is -2.25. The average Bonchev–Trinajstić information content (AvgIpc) is 2.92. The van der Waals surface area contributed by atoms with Gasteiger partial charge in [-0.2, -0.15) is 0 Å². The average molecular weight is 370 g/mol. The number of hydrogen-bond acceptors (Lipinski definition) is 6. The Morgan fingerprint density at radius 1 is 1.19 bits per heavy atom. The number of benzene rings is 1. The molecule has 4 aliphatic rings. The second kappa shape index (κ2) is 5.17. The number of hydrogen-bond donors (Lipinski definition) is 3. The van der Waals surface area contributed by atoms with Crippen LogP contribution in [0.3, 0.4) is 0 Å². The van der Waals surface area contributed by atoms with Crippen LogP contribution < -0.4 is 15.4 Å². The first kappa shape index (κ1) is 16.9. The van der Waals surface area contributed by atoms with E-state index in [0.29, 0.717) is 37.1 Å². The molecule has 27 heavy (non-hydrogen) atoms. The molecule has 142 valence electrons. The molecule has 7 nitrogen and oxygen atoms in total. The van der Waals surface area contributed by atoms with Crippen LogP contribution in [-0.2, 0) is 15.0 Å². The third kappa shape index (κ3) is 1.91. The largest absolute Gasteiger partial charge is 0.497 e. The van der Waals surface area contributed by atoms with Crippen LogP contribution in [0.25, 0.3) is 0 Å². The monoisotopic (exact) mass is 370 g/mol. The van der Waals surface area contributed by atoms with Crippen molar-refractivity contribution in [2.45, 2.75) is 54.7 Å². The molecular formula is C20H22N2O5. The highest BCUT2D eigenvalue weighted by Gasteiger charge is 2.69. The molecule has 2 heterocycles. The molecule has 2 aliphatic heterocycles. The number of ketones is 2. The van der Waals surface area contributed by atoms with Gasteiger partial charge in [0.25, 0.3) is 0 Å². The van der Waals surface area contributed by atoms with Gasteiger partial charge in [-0.1, -0.05) is 0 Å². The van der Waals surface area contributed by atoms with Crippen LogP contribution in [-0.4, -0.2) is 53.4 Å². The summed E-state index contributed by atoms with van der Waals surface area (Å²) in [7, 11) is 1.56. The smallest absolute Gasteiger partial charge is 0.228 e. The lowest BCUT2D eigenvalue weighted by Crippen LogP contribution is -2.77. The third-order valence-corrected chi connectivity index (χ3v) is 7.25. The van der Waals surface area contributed by atoms with Gasteiger partial charge in [-0.25, -0.2) is 0 Å². The van der Waals surface area contributed by atoms with Gasteiger partial charge in [-0.15, -0.1) is 0 Å². The minimum Gasteiger partial charge on any atom is -0.497 e. The van der Waals surface area contributed by atoms with Crippen LogP contribution in [0.15, 0.2) is 18.2 Å². The summed E-state index contributed by atoms with van der Waals surface area (Å²) in [5.74, 6) is 0.116.